The maximum absolute atomic E-state index is 3.61. The first kappa shape index (κ1) is 10.1. The van der Waals surface area contributed by atoms with E-state index in [0.29, 0.717) is 5.41 Å². The molecule has 3 aliphatic rings. The van der Waals surface area contributed by atoms with Gasteiger partial charge >= 0.3 is 0 Å². The van der Waals surface area contributed by atoms with Crippen LogP contribution in [-0.2, 0) is 6.42 Å². The maximum atomic E-state index is 3.61. The Hall–Kier alpha value is -0.820. The smallest absolute Gasteiger partial charge is 0.00323 e. The first-order valence-electron chi connectivity index (χ1n) is 7.10. The summed E-state index contributed by atoms with van der Waals surface area (Å²) in [7, 11) is 0. The van der Waals surface area contributed by atoms with Gasteiger partial charge < -0.3 is 5.32 Å². The van der Waals surface area contributed by atoms with Crippen LogP contribution in [0, 0.1) is 5.41 Å². The molecule has 1 saturated heterocycles. The summed E-state index contributed by atoms with van der Waals surface area (Å²) < 4.78 is 0. The Morgan fingerprint density at radius 2 is 2.06 bits per heavy atom. The Kier molecular flexibility index (Phi) is 2.00. The molecule has 0 aromatic heterocycles. The van der Waals surface area contributed by atoms with Crippen LogP contribution in [0.25, 0.3) is 0 Å². The first-order valence-corrected chi connectivity index (χ1v) is 7.10. The highest BCUT2D eigenvalue weighted by atomic mass is 14.9. The lowest BCUT2D eigenvalue weighted by Gasteiger charge is -2.38. The molecule has 2 atom stereocenters. The van der Waals surface area contributed by atoms with Crippen molar-refractivity contribution in [2.75, 3.05) is 13.1 Å². The molecule has 17 heavy (non-hydrogen) atoms. The molecule has 0 radical (unpaired) electrons. The lowest BCUT2D eigenvalue weighted by Crippen LogP contribution is -2.30. The molecule has 90 valence electrons. The molecule has 1 aromatic carbocycles. The van der Waals surface area contributed by atoms with E-state index in [9.17, 15) is 0 Å². The van der Waals surface area contributed by atoms with Gasteiger partial charge in [0.2, 0.25) is 0 Å². The summed E-state index contributed by atoms with van der Waals surface area (Å²) in [5, 5.41) is 3.61. The molecular weight excluding hydrogens is 206 g/mol. The van der Waals surface area contributed by atoms with E-state index in [2.05, 4.69) is 30.4 Å². The largest absolute Gasteiger partial charge is 0.316 e. The molecule has 1 saturated carbocycles. The highest BCUT2D eigenvalue weighted by Crippen LogP contribution is 2.51. The summed E-state index contributed by atoms with van der Waals surface area (Å²) in [5.74, 6) is 1.67. The van der Waals surface area contributed by atoms with E-state index >= 15 is 0 Å². The van der Waals surface area contributed by atoms with Crippen LogP contribution in [0.5, 0.6) is 0 Å². The van der Waals surface area contributed by atoms with Gasteiger partial charge in [0.15, 0.2) is 0 Å². The Balaban J connectivity index is 1.84. The van der Waals surface area contributed by atoms with Crippen molar-refractivity contribution in [3.05, 3.63) is 34.9 Å². The van der Waals surface area contributed by atoms with Crippen molar-refractivity contribution in [1.82, 2.24) is 5.32 Å². The molecule has 1 N–H and O–H groups in total. The summed E-state index contributed by atoms with van der Waals surface area (Å²) in [4.78, 5) is 0. The van der Waals surface area contributed by atoms with Crippen LogP contribution < -0.4 is 5.32 Å². The zero-order chi connectivity index (χ0) is 11.5. The van der Waals surface area contributed by atoms with Crippen molar-refractivity contribution in [2.45, 2.75) is 44.4 Å². The molecule has 2 aliphatic carbocycles. The quantitative estimate of drug-likeness (QED) is 0.777. The fraction of sp³-hybridized carbons (Fsp3) is 0.625. The highest BCUT2D eigenvalue weighted by Gasteiger charge is 2.44. The molecule has 0 spiro atoms. The van der Waals surface area contributed by atoms with Gasteiger partial charge in [-0.15, -0.1) is 0 Å². The Bertz CT molecular complexity index is 461. The average Bonchev–Trinajstić information content (AvgIpc) is 3.10. The van der Waals surface area contributed by atoms with Crippen LogP contribution in [-0.4, -0.2) is 13.1 Å². The third-order valence-corrected chi connectivity index (χ3v) is 5.31. The minimum Gasteiger partial charge on any atom is -0.316 e. The molecule has 0 amide bonds. The van der Waals surface area contributed by atoms with Crippen molar-refractivity contribution in [1.29, 1.82) is 0 Å². The average molecular weight is 227 g/mol. The zero-order valence-corrected chi connectivity index (χ0v) is 10.6. The first-order chi connectivity index (χ1) is 8.28. The predicted molar refractivity (Wildman–Crippen MR) is 70.5 cm³/mol. The van der Waals surface area contributed by atoms with Crippen LogP contribution in [0.3, 0.4) is 0 Å². The fourth-order valence-corrected chi connectivity index (χ4v) is 4.05. The number of rotatable bonds is 1. The summed E-state index contributed by atoms with van der Waals surface area (Å²) in [6.07, 6.45) is 5.55. The summed E-state index contributed by atoms with van der Waals surface area (Å²) in [6.45, 7) is 4.88. The van der Waals surface area contributed by atoms with Crippen LogP contribution in [0.1, 0.15) is 54.7 Å². The predicted octanol–water partition coefficient (Wildman–Crippen LogP) is 3.20. The van der Waals surface area contributed by atoms with E-state index in [4.69, 9.17) is 0 Å². The van der Waals surface area contributed by atoms with E-state index in [1.807, 2.05) is 0 Å². The highest BCUT2D eigenvalue weighted by molar-refractivity contribution is 5.44. The van der Waals surface area contributed by atoms with Gasteiger partial charge in [-0.25, -0.2) is 0 Å². The fourth-order valence-electron chi connectivity index (χ4n) is 4.05. The maximum Gasteiger partial charge on any atom is 0.00323 e. The van der Waals surface area contributed by atoms with Gasteiger partial charge in [0.05, 0.1) is 0 Å². The molecule has 2 unspecified atom stereocenters. The lowest BCUT2D eigenvalue weighted by molar-refractivity contribution is 0.277. The van der Waals surface area contributed by atoms with E-state index in [1.54, 1.807) is 16.7 Å². The molecule has 1 nitrogen and oxygen atoms in total. The second-order valence-electron chi connectivity index (χ2n) is 6.53. The third kappa shape index (κ3) is 1.41. The number of benzene rings is 1. The van der Waals surface area contributed by atoms with Crippen molar-refractivity contribution >= 4 is 0 Å². The van der Waals surface area contributed by atoms with Crippen LogP contribution in [0.4, 0.5) is 0 Å². The van der Waals surface area contributed by atoms with Gasteiger partial charge in [-0.3, -0.25) is 0 Å². The van der Waals surface area contributed by atoms with E-state index in [0.717, 1.165) is 11.8 Å². The molecule has 1 heteroatoms. The van der Waals surface area contributed by atoms with Crippen molar-refractivity contribution < 1.29 is 0 Å². The van der Waals surface area contributed by atoms with Gasteiger partial charge in [-0.1, -0.05) is 25.1 Å². The molecule has 1 heterocycles. The van der Waals surface area contributed by atoms with Gasteiger partial charge in [0, 0.05) is 19.0 Å². The minimum atomic E-state index is 0.523. The molecule has 0 bridgehead atoms. The Morgan fingerprint density at radius 1 is 1.24 bits per heavy atom. The van der Waals surface area contributed by atoms with Crippen molar-refractivity contribution in [3.8, 4) is 0 Å². The molecule has 4 rings (SSSR count). The molecular formula is C16H21N. The number of hydrogen-bond donors (Lipinski definition) is 1. The number of fused-ring (bicyclic) bond motifs is 3. The van der Waals surface area contributed by atoms with Crippen LogP contribution >= 0.6 is 0 Å². The van der Waals surface area contributed by atoms with Gasteiger partial charge in [-0.05, 0) is 53.7 Å². The second kappa shape index (κ2) is 3.35. The van der Waals surface area contributed by atoms with E-state index in [1.165, 1.54) is 38.8 Å². The Labute approximate surface area is 104 Å². The summed E-state index contributed by atoms with van der Waals surface area (Å²) in [5.41, 5.74) is 5.61. The summed E-state index contributed by atoms with van der Waals surface area (Å²) >= 11 is 0. The topological polar surface area (TPSA) is 12.0 Å². The number of nitrogens with one attached hydrogen (secondary N) is 1. The van der Waals surface area contributed by atoms with Crippen molar-refractivity contribution in [2.24, 2.45) is 5.41 Å². The summed E-state index contributed by atoms with van der Waals surface area (Å²) in [6, 6.07) is 7.09. The molecule has 1 aliphatic heterocycles. The zero-order valence-electron chi connectivity index (χ0n) is 10.6. The third-order valence-electron chi connectivity index (χ3n) is 5.31. The lowest BCUT2D eigenvalue weighted by atomic mass is 9.66. The van der Waals surface area contributed by atoms with Gasteiger partial charge in [-0.2, -0.15) is 0 Å². The van der Waals surface area contributed by atoms with E-state index in [-0.39, 0.29) is 0 Å². The Morgan fingerprint density at radius 3 is 2.88 bits per heavy atom. The normalized spacial score (nSPS) is 35.5. The van der Waals surface area contributed by atoms with Crippen LogP contribution in [0.2, 0.25) is 0 Å². The molecule has 1 aromatic rings. The standard InChI is InChI=1S/C16H21N/c1-16-8-7-13-12(11-5-6-11)3-2-4-14(13)15(16)9-17-10-16/h2-4,11,15,17H,5-10H2,1H3. The van der Waals surface area contributed by atoms with Gasteiger partial charge in [0.25, 0.3) is 0 Å². The number of hydrogen-bond acceptors (Lipinski definition) is 1. The van der Waals surface area contributed by atoms with E-state index < -0.39 is 0 Å². The SMILES string of the molecule is CC12CCc3c(C4CC4)cccc3C1CNC2. The van der Waals surface area contributed by atoms with Gasteiger partial charge in [0.1, 0.15) is 0 Å². The monoisotopic (exact) mass is 227 g/mol. The second-order valence-corrected chi connectivity index (χ2v) is 6.53. The van der Waals surface area contributed by atoms with Crippen LogP contribution in [0.15, 0.2) is 18.2 Å². The van der Waals surface area contributed by atoms with Crippen molar-refractivity contribution in [3.63, 3.8) is 0 Å². The minimum absolute atomic E-state index is 0.523. The molecule has 2 fully saturated rings.